The first kappa shape index (κ1) is 11.3. The van der Waals surface area contributed by atoms with Crippen LogP contribution in [0.15, 0.2) is 12.4 Å². The molecule has 1 aliphatic rings. The van der Waals surface area contributed by atoms with Crippen molar-refractivity contribution in [2.45, 2.75) is 25.8 Å². The molecule has 0 aliphatic carbocycles. The maximum Gasteiger partial charge on any atom is 0.199 e. The molecule has 1 fully saturated rings. The summed E-state index contributed by atoms with van der Waals surface area (Å²) < 4.78 is 1.73. The lowest BCUT2D eigenvalue weighted by Crippen LogP contribution is -2.47. The maximum atomic E-state index is 5.89. The number of tetrazole rings is 1. The van der Waals surface area contributed by atoms with Gasteiger partial charge in [-0.3, -0.25) is 4.98 Å². The molecular formula is C11H17N7. The van der Waals surface area contributed by atoms with Gasteiger partial charge in [0.1, 0.15) is 0 Å². The maximum absolute atomic E-state index is 5.89. The number of nitrogens with zero attached hydrogens (tertiary/aromatic N) is 6. The third-order valence-electron chi connectivity index (χ3n) is 3.64. The van der Waals surface area contributed by atoms with Crippen LogP contribution in [0.5, 0.6) is 0 Å². The molecule has 7 heteroatoms. The van der Waals surface area contributed by atoms with E-state index in [0.29, 0.717) is 18.2 Å². The van der Waals surface area contributed by atoms with Crippen LogP contribution in [0.25, 0.3) is 5.65 Å². The fourth-order valence-electron chi connectivity index (χ4n) is 2.64. The molecule has 7 nitrogen and oxygen atoms in total. The molecule has 18 heavy (non-hydrogen) atoms. The molecule has 96 valence electrons. The highest BCUT2D eigenvalue weighted by atomic mass is 15.5. The van der Waals surface area contributed by atoms with Gasteiger partial charge in [0.15, 0.2) is 11.5 Å². The Morgan fingerprint density at radius 3 is 3.17 bits per heavy atom. The van der Waals surface area contributed by atoms with Crippen molar-refractivity contribution in [3.05, 3.63) is 12.4 Å². The van der Waals surface area contributed by atoms with E-state index in [4.69, 9.17) is 5.73 Å². The zero-order chi connectivity index (χ0) is 12.5. The Balaban J connectivity index is 2.00. The van der Waals surface area contributed by atoms with Gasteiger partial charge in [-0.25, -0.2) is 0 Å². The van der Waals surface area contributed by atoms with Gasteiger partial charge in [-0.1, -0.05) is 6.92 Å². The number of hydrogen-bond acceptors (Lipinski definition) is 6. The highest BCUT2D eigenvalue weighted by Gasteiger charge is 2.27. The summed E-state index contributed by atoms with van der Waals surface area (Å²) in [6, 6.07) is 0.338. The number of fused-ring (bicyclic) bond motifs is 1. The Morgan fingerprint density at radius 1 is 1.44 bits per heavy atom. The molecule has 2 aromatic heterocycles. The Labute approximate surface area is 105 Å². The van der Waals surface area contributed by atoms with Gasteiger partial charge in [-0.15, -0.1) is 5.10 Å². The summed E-state index contributed by atoms with van der Waals surface area (Å²) in [7, 11) is 0. The number of aromatic nitrogens is 5. The van der Waals surface area contributed by atoms with Crippen LogP contribution in [0, 0.1) is 5.92 Å². The van der Waals surface area contributed by atoms with Gasteiger partial charge in [0.25, 0.3) is 0 Å². The normalized spacial score (nSPS) is 24.7. The molecular weight excluding hydrogens is 230 g/mol. The van der Waals surface area contributed by atoms with E-state index in [1.165, 1.54) is 0 Å². The van der Waals surface area contributed by atoms with Crippen molar-refractivity contribution in [1.29, 1.82) is 0 Å². The van der Waals surface area contributed by atoms with Crippen molar-refractivity contribution in [2.75, 3.05) is 18.0 Å². The fourth-order valence-corrected chi connectivity index (χ4v) is 2.64. The zero-order valence-electron chi connectivity index (χ0n) is 10.4. The number of anilines is 1. The van der Waals surface area contributed by atoms with Crippen LogP contribution in [0.4, 0.5) is 5.82 Å². The van der Waals surface area contributed by atoms with E-state index in [2.05, 4.69) is 32.3 Å². The Morgan fingerprint density at radius 2 is 2.33 bits per heavy atom. The highest BCUT2D eigenvalue weighted by molar-refractivity contribution is 5.47. The van der Waals surface area contributed by atoms with E-state index in [-0.39, 0.29) is 0 Å². The lowest BCUT2D eigenvalue weighted by Gasteiger charge is -2.38. The molecule has 0 bridgehead atoms. The van der Waals surface area contributed by atoms with Crippen LogP contribution in [0.2, 0.25) is 0 Å². The minimum Gasteiger partial charge on any atom is -0.351 e. The summed E-state index contributed by atoms with van der Waals surface area (Å²) in [5.41, 5.74) is 6.56. The first-order valence-electron chi connectivity index (χ1n) is 6.28. The van der Waals surface area contributed by atoms with E-state index in [1.807, 2.05) is 6.20 Å². The predicted octanol–water partition coefficient (Wildman–Crippen LogP) is 0.0829. The van der Waals surface area contributed by atoms with E-state index >= 15 is 0 Å². The molecule has 2 N–H and O–H groups in total. The largest absolute Gasteiger partial charge is 0.351 e. The van der Waals surface area contributed by atoms with Gasteiger partial charge >= 0.3 is 0 Å². The first-order valence-corrected chi connectivity index (χ1v) is 6.28. The molecule has 2 atom stereocenters. The van der Waals surface area contributed by atoms with Crippen molar-refractivity contribution >= 4 is 11.5 Å². The molecule has 1 saturated heterocycles. The van der Waals surface area contributed by atoms with E-state index < -0.39 is 0 Å². The van der Waals surface area contributed by atoms with Crippen molar-refractivity contribution in [2.24, 2.45) is 11.7 Å². The molecule has 0 amide bonds. The molecule has 2 aromatic rings. The van der Waals surface area contributed by atoms with Gasteiger partial charge in [0.05, 0.1) is 12.4 Å². The molecule has 0 saturated carbocycles. The number of rotatable bonds is 2. The Hall–Kier alpha value is -1.76. The zero-order valence-corrected chi connectivity index (χ0v) is 10.4. The summed E-state index contributed by atoms with van der Waals surface area (Å²) in [5.74, 6) is 1.65. The number of piperidine rings is 1. The fraction of sp³-hybridized carbons (Fsp3) is 0.636. The second-order valence-corrected chi connectivity index (χ2v) is 4.93. The van der Waals surface area contributed by atoms with Crippen molar-refractivity contribution in [3.63, 3.8) is 0 Å². The van der Waals surface area contributed by atoms with Crippen LogP contribution in [0.1, 0.15) is 19.8 Å². The lowest BCUT2D eigenvalue weighted by atomic mass is 9.92. The van der Waals surface area contributed by atoms with Crippen LogP contribution >= 0.6 is 0 Å². The summed E-state index contributed by atoms with van der Waals surface area (Å²) >= 11 is 0. The molecule has 3 rings (SSSR count). The van der Waals surface area contributed by atoms with Gasteiger partial charge < -0.3 is 10.6 Å². The second-order valence-electron chi connectivity index (χ2n) is 4.93. The number of hydrogen-bond donors (Lipinski definition) is 1. The van der Waals surface area contributed by atoms with Crippen molar-refractivity contribution in [1.82, 2.24) is 25.0 Å². The molecule has 3 heterocycles. The van der Waals surface area contributed by atoms with E-state index in [9.17, 15) is 0 Å². The minimum absolute atomic E-state index is 0.338. The lowest BCUT2D eigenvalue weighted by molar-refractivity contribution is 0.363. The quantitative estimate of drug-likeness (QED) is 0.809. The molecule has 2 unspecified atom stereocenters. The van der Waals surface area contributed by atoms with Gasteiger partial charge in [0.2, 0.25) is 0 Å². The third-order valence-corrected chi connectivity index (χ3v) is 3.64. The SMILES string of the molecule is CC1CCN(c2cncc3nnnn23)C(CN)C1. The Kier molecular flexibility index (Phi) is 2.83. The summed E-state index contributed by atoms with van der Waals surface area (Å²) in [6.45, 7) is 3.89. The molecule has 0 aromatic carbocycles. The second kappa shape index (κ2) is 4.49. The van der Waals surface area contributed by atoms with Crippen LogP contribution in [-0.4, -0.2) is 44.2 Å². The van der Waals surface area contributed by atoms with Crippen molar-refractivity contribution in [3.8, 4) is 0 Å². The van der Waals surface area contributed by atoms with E-state index in [0.717, 1.165) is 31.1 Å². The van der Waals surface area contributed by atoms with Crippen LogP contribution < -0.4 is 10.6 Å². The summed E-state index contributed by atoms with van der Waals surface area (Å²) in [6.07, 6.45) is 5.74. The third kappa shape index (κ3) is 1.80. The van der Waals surface area contributed by atoms with E-state index in [1.54, 1.807) is 10.7 Å². The smallest absolute Gasteiger partial charge is 0.199 e. The van der Waals surface area contributed by atoms with Gasteiger partial charge in [0, 0.05) is 19.1 Å². The molecule has 0 spiro atoms. The topological polar surface area (TPSA) is 85.2 Å². The van der Waals surface area contributed by atoms with Crippen LogP contribution in [0.3, 0.4) is 0 Å². The van der Waals surface area contributed by atoms with Crippen LogP contribution in [-0.2, 0) is 0 Å². The average molecular weight is 247 g/mol. The molecule has 0 radical (unpaired) electrons. The average Bonchev–Trinajstić information content (AvgIpc) is 2.86. The van der Waals surface area contributed by atoms with Gasteiger partial charge in [-0.2, -0.15) is 4.52 Å². The monoisotopic (exact) mass is 247 g/mol. The standard InChI is InChI=1S/C11H17N7/c1-8-2-3-17(9(4-8)5-12)11-7-13-6-10-14-15-16-18(10)11/h6-9H,2-5,12H2,1H3. The first-order chi connectivity index (χ1) is 8.79. The van der Waals surface area contributed by atoms with Crippen molar-refractivity contribution < 1.29 is 0 Å². The molecule has 1 aliphatic heterocycles. The summed E-state index contributed by atoms with van der Waals surface area (Å²) in [4.78, 5) is 6.48. The Bertz CT molecular complexity index is 537. The number of nitrogens with two attached hydrogens (primary N) is 1. The minimum atomic E-state index is 0.338. The highest BCUT2D eigenvalue weighted by Crippen LogP contribution is 2.26. The van der Waals surface area contributed by atoms with Gasteiger partial charge in [-0.05, 0) is 29.2 Å². The predicted molar refractivity (Wildman–Crippen MR) is 67.2 cm³/mol. The summed E-state index contributed by atoms with van der Waals surface area (Å²) in [5, 5.41) is 11.6.